The zero-order valence-corrected chi connectivity index (χ0v) is 11.8. The van der Waals surface area contributed by atoms with E-state index in [0.717, 1.165) is 12.8 Å². The fourth-order valence-corrected chi connectivity index (χ4v) is 1.93. The third-order valence-electron chi connectivity index (χ3n) is 2.98. The number of nitrogens with one attached hydrogen (secondary N) is 1. The molecule has 18 heavy (non-hydrogen) atoms. The minimum Gasteiger partial charge on any atom is -0.397 e. The molecule has 3 N–H and O–H groups in total. The van der Waals surface area contributed by atoms with Gasteiger partial charge in [-0.15, -0.1) is 0 Å². The smallest absolute Gasteiger partial charge is 0.253 e. The number of aromatic nitrogens is 1. The zero-order chi connectivity index (χ0) is 13.7. The molecule has 0 aromatic carbocycles. The summed E-state index contributed by atoms with van der Waals surface area (Å²) in [6.45, 7) is 6.29. The molecule has 1 aromatic rings. The zero-order valence-electron chi connectivity index (χ0n) is 11.0. The number of nitrogens with zero attached hydrogens (tertiary/aromatic N) is 1. The summed E-state index contributed by atoms with van der Waals surface area (Å²) in [7, 11) is 0. The molecule has 4 nitrogen and oxygen atoms in total. The monoisotopic (exact) mass is 269 g/mol. The third-order valence-corrected chi connectivity index (χ3v) is 3.18. The van der Waals surface area contributed by atoms with Gasteiger partial charge in [0.15, 0.2) is 0 Å². The van der Waals surface area contributed by atoms with Gasteiger partial charge < -0.3 is 11.1 Å². The van der Waals surface area contributed by atoms with E-state index >= 15 is 0 Å². The van der Waals surface area contributed by atoms with E-state index in [-0.39, 0.29) is 17.1 Å². The number of rotatable bonds is 5. The molecule has 0 saturated carbocycles. The first kappa shape index (κ1) is 14.8. The number of amides is 1. The minimum absolute atomic E-state index is 0.110. The highest BCUT2D eigenvalue weighted by atomic mass is 35.5. The summed E-state index contributed by atoms with van der Waals surface area (Å²) in [4.78, 5) is 15.8. The Kier molecular flexibility index (Phi) is 5.41. The highest BCUT2D eigenvalue weighted by molar-refractivity contribution is 6.29. The molecule has 0 aliphatic rings. The topological polar surface area (TPSA) is 68.0 Å². The Morgan fingerprint density at radius 3 is 2.83 bits per heavy atom. The number of carbonyl (C=O) groups excluding carboxylic acids is 1. The lowest BCUT2D eigenvalue weighted by Gasteiger charge is -2.18. The Hall–Kier alpha value is -1.29. The number of hydrogen-bond acceptors (Lipinski definition) is 3. The van der Waals surface area contributed by atoms with Crippen molar-refractivity contribution in [2.75, 3.05) is 5.73 Å². The van der Waals surface area contributed by atoms with Gasteiger partial charge in [-0.05, 0) is 25.3 Å². The van der Waals surface area contributed by atoms with Gasteiger partial charge in [0.2, 0.25) is 0 Å². The van der Waals surface area contributed by atoms with E-state index in [4.69, 9.17) is 17.3 Å². The molecule has 0 saturated heterocycles. The Labute approximate surface area is 113 Å². The summed E-state index contributed by atoms with van der Waals surface area (Å²) >= 11 is 5.76. The van der Waals surface area contributed by atoms with E-state index in [2.05, 4.69) is 24.1 Å². The molecule has 0 radical (unpaired) electrons. The third kappa shape index (κ3) is 4.18. The second-order valence-electron chi connectivity index (χ2n) is 4.72. The standard InChI is InChI=1S/C13H20ClN3O/c1-4-8(2)5-9(3)17-13(18)10-6-12(14)16-7-11(10)15/h6-9H,4-5,15H2,1-3H3,(H,17,18). The Morgan fingerprint density at radius 2 is 2.22 bits per heavy atom. The largest absolute Gasteiger partial charge is 0.397 e. The van der Waals surface area contributed by atoms with Crippen molar-refractivity contribution in [3.8, 4) is 0 Å². The normalized spacial score (nSPS) is 14.0. The first-order valence-corrected chi connectivity index (χ1v) is 6.53. The molecule has 2 atom stereocenters. The van der Waals surface area contributed by atoms with E-state index in [0.29, 0.717) is 17.2 Å². The average Bonchev–Trinajstić information content (AvgIpc) is 2.31. The minimum atomic E-state index is -0.201. The molecule has 0 fully saturated rings. The van der Waals surface area contributed by atoms with E-state index in [1.54, 1.807) is 0 Å². The fourth-order valence-electron chi connectivity index (χ4n) is 1.77. The molecule has 1 aromatic heterocycles. The number of anilines is 1. The Balaban J connectivity index is 2.67. The molecule has 5 heteroatoms. The van der Waals surface area contributed by atoms with Crippen LogP contribution in [0.1, 0.15) is 44.0 Å². The molecular weight excluding hydrogens is 250 g/mol. The van der Waals surface area contributed by atoms with Crippen molar-refractivity contribution in [1.29, 1.82) is 0 Å². The van der Waals surface area contributed by atoms with Crippen LogP contribution in [0.25, 0.3) is 0 Å². The summed E-state index contributed by atoms with van der Waals surface area (Å²) in [6.07, 6.45) is 3.45. The number of halogens is 1. The summed E-state index contributed by atoms with van der Waals surface area (Å²) in [5, 5.41) is 3.19. The average molecular weight is 270 g/mol. The van der Waals surface area contributed by atoms with Crippen LogP contribution in [0.4, 0.5) is 5.69 Å². The molecule has 0 spiro atoms. The van der Waals surface area contributed by atoms with Crippen LogP contribution < -0.4 is 11.1 Å². The van der Waals surface area contributed by atoms with E-state index < -0.39 is 0 Å². The van der Waals surface area contributed by atoms with Crippen molar-refractivity contribution in [1.82, 2.24) is 10.3 Å². The lowest BCUT2D eigenvalue weighted by Crippen LogP contribution is -2.34. The van der Waals surface area contributed by atoms with Gasteiger partial charge in [0.05, 0.1) is 17.4 Å². The first-order valence-electron chi connectivity index (χ1n) is 6.15. The van der Waals surface area contributed by atoms with Crippen LogP contribution in [0, 0.1) is 5.92 Å². The van der Waals surface area contributed by atoms with Crippen molar-refractivity contribution in [2.45, 2.75) is 39.7 Å². The molecule has 1 amide bonds. The summed E-state index contributed by atoms with van der Waals surface area (Å²) in [6, 6.07) is 1.60. The van der Waals surface area contributed by atoms with Gasteiger partial charge in [0.1, 0.15) is 5.15 Å². The van der Waals surface area contributed by atoms with Gasteiger partial charge in [-0.3, -0.25) is 4.79 Å². The fraction of sp³-hybridized carbons (Fsp3) is 0.538. The van der Waals surface area contributed by atoms with Crippen LogP contribution in [0.15, 0.2) is 12.3 Å². The van der Waals surface area contributed by atoms with Gasteiger partial charge >= 0.3 is 0 Å². The molecule has 0 aliphatic heterocycles. The number of nitrogens with two attached hydrogens (primary N) is 1. The molecular formula is C13H20ClN3O. The SMILES string of the molecule is CCC(C)CC(C)NC(=O)c1cc(Cl)ncc1N. The second-order valence-corrected chi connectivity index (χ2v) is 5.11. The van der Waals surface area contributed by atoms with Gasteiger partial charge in [0, 0.05) is 6.04 Å². The van der Waals surface area contributed by atoms with Gasteiger partial charge in [-0.1, -0.05) is 31.9 Å². The van der Waals surface area contributed by atoms with Crippen LogP contribution in [-0.2, 0) is 0 Å². The second kappa shape index (κ2) is 6.59. The predicted molar refractivity (Wildman–Crippen MR) is 74.7 cm³/mol. The van der Waals surface area contributed by atoms with Crippen LogP contribution >= 0.6 is 11.6 Å². The number of carbonyl (C=O) groups is 1. The first-order chi connectivity index (χ1) is 8.43. The maximum absolute atomic E-state index is 12.0. The quantitative estimate of drug-likeness (QED) is 0.808. The van der Waals surface area contributed by atoms with E-state index in [9.17, 15) is 4.79 Å². The molecule has 1 heterocycles. The van der Waals surface area contributed by atoms with Crippen molar-refractivity contribution in [2.24, 2.45) is 5.92 Å². The summed E-state index contributed by atoms with van der Waals surface area (Å²) < 4.78 is 0. The molecule has 1 rings (SSSR count). The lowest BCUT2D eigenvalue weighted by molar-refractivity contribution is 0.0936. The van der Waals surface area contributed by atoms with Crippen LogP contribution in [-0.4, -0.2) is 16.9 Å². The van der Waals surface area contributed by atoms with Gasteiger partial charge in [-0.2, -0.15) is 0 Å². The molecule has 2 unspecified atom stereocenters. The van der Waals surface area contributed by atoms with Gasteiger partial charge in [0.25, 0.3) is 5.91 Å². The van der Waals surface area contributed by atoms with Gasteiger partial charge in [-0.25, -0.2) is 4.98 Å². The van der Waals surface area contributed by atoms with Crippen LogP contribution in [0.2, 0.25) is 5.15 Å². The highest BCUT2D eigenvalue weighted by Crippen LogP contribution is 2.16. The van der Waals surface area contributed by atoms with E-state index in [1.807, 2.05) is 6.92 Å². The Bertz CT molecular complexity index is 423. The molecule has 0 bridgehead atoms. The number of hydrogen-bond donors (Lipinski definition) is 2. The number of pyridine rings is 1. The maximum Gasteiger partial charge on any atom is 0.253 e. The van der Waals surface area contributed by atoms with Crippen molar-refractivity contribution in [3.05, 3.63) is 23.0 Å². The Morgan fingerprint density at radius 1 is 1.56 bits per heavy atom. The molecule has 0 aliphatic carbocycles. The van der Waals surface area contributed by atoms with Crippen molar-refractivity contribution >= 4 is 23.2 Å². The highest BCUT2D eigenvalue weighted by Gasteiger charge is 2.15. The van der Waals surface area contributed by atoms with Crippen molar-refractivity contribution in [3.63, 3.8) is 0 Å². The van der Waals surface area contributed by atoms with Crippen LogP contribution in [0.5, 0.6) is 0 Å². The van der Waals surface area contributed by atoms with E-state index in [1.165, 1.54) is 12.3 Å². The molecule has 100 valence electrons. The predicted octanol–water partition coefficient (Wildman–Crippen LogP) is 2.87. The lowest BCUT2D eigenvalue weighted by atomic mass is 10.00. The number of nitrogen functional groups attached to an aromatic ring is 1. The maximum atomic E-state index is 12.0. The summed E-state index contributed by atoms with van der Waals surface area (Å²) in [5.41, 5.74) is 6.43. The van der Waals surface area contributed by atoms with Crippen molar-refractivity contribution < 1.29 is 4.79 Å². The summed E-state index contributed by atoms with van der Waals surface area (Å²) in [5.74, 6) is 0.381. The van der Waals surface area contributed by atoms with Crippen LogP contribution in [0.3, 0.4) is 0 Å².